The minimum Gasteiger partial charge on any atom is -0.489 e. The third kappa shape index (κ3) is 4.53. The number of benzene rings is 2. The van der Waals surface area contributed by atoms with Gasteiger partial charge < -0.3 is 4.74 Å². The monoisotopic (exact) mass is 406 g/mol. The average Bonchev–Trinajstić information content (AvgIpc) is 3.28. The predicted octanol–water partition coefficient (Wildman–Crippen LogP) is 3.93. The van der Waals surface area contributed by atoms with Crippen LogP contribution in [0.2, 0.25) is 0 Å². The molecule has 30 heavy (non-hydrogen) atoms. The Morgan fingerprint density at radius 1 is 0.833 bits per heavy atom. The van der Waals surface area contributed by atoms with Gasteiger partial charge in [-0.1, -0.05) is 55.3 Å². The summed E-state index contributed by atoms with van der Waals surface area (Å²) in [5.74, 6) is 0.0147. The molecule has 2 fully saturated rings. The van der Waals surface area contributed by atoms with Gasteiger partial charge in [0.2, 0.25) is 11.8 Å². The van der Waals surface area contributed by atoms with E-state index in [4.69, 9.17) is 4.74 Å². The maximum atomic E-state index is 12.8. The Kier molecular flexibility index (Phi) is 6.12. The molecule has 0 radical (unpaired) electrons. The van der Waals surface area contributed by atoms with Crippen molar-refractivity contribution < 1.29 is 19.1 Å². The summed E-state index contributed by atoms with van der Waals surface area (Å²) in [5, 5.41) is 0. The summed E-state index contributed by atoms with van der Waals surface area (Å²) in [6.45, 7) is 0.778. The third-order valence-electron chi connectivity index (χ3n) is 5.79. The number of hydrogen-bond donors (Lipinski definition) is 0. The summed E-state index contributed by atoms with van der Waals surface area (Å²) >= 11 is 0. The second-order valence-corrected chi connectivity index (χ2v) is 7.87. The maximum absolute atomic E-state index is 12.8. The van der Waals surface area contributed by atoms with Crippen LogP contribution < -0.4 is 4.74 Å². The van der Waals surface area contributed by atoms with Gasteiger partial charge >= 0.3 is 6.03 Å². The first-order chi connectivity index (χ1) is 14.6. The first-order valence-corrected chi connectivity index (χ1v) is 10.5. The number of hydrogen-bond acceptors (Lipinski definition) is 4. The standard InChI is InChI=1S/C24H26N2O4/c27-22-16-23(28)26(20-8-4-5-9-20)24(29)25(22)15-14-18-10-12-21(13-11-18)30-17-19-6-2-1-3-7-19/h1-3,6-7,10-13,20H,4-5,8-9,14-17H2. The van der Waals surface area contributed by atoms with Crippen LogP contribution in [0.1, 0.15) is 43.2 Å². The summed E-state index contributed by atoms with van der Waals surface area (Å²) in [7, 11) is 0. The molecule has 6 nitrogen and oxygen atoms in total. The van der Waals surface area contributed by atoms with Crippen molar-refractivity contribution in [3.63, 3.8) is 0 Å². The van der Waals surface area contributed by atoms with E-state index in [0.717, 1.165) is 42.6 Å². The molecule has 4 rings (SSSR count). The predicted molar refractivity (Wildman–Crippen MR) is 112 cm³/mol. The van der Waals surface area contributed by atoms with Crippen molar-refractivity contribution in [1.82, 2.24) is 9.80 Å². The van der Waals surface area contributed by atoms with Crippen molar-refractivity contribution in [1.29, 1.82) is 0 Å². The van der Waals surface area contributed by atoms with Crippen LogP contribution in [0.25, 0.3) is 0 Å². The van der Waals surface area contributed by atoms with Crippen LogP contribution in [0.4, 0.5) is 4.79 Å². The SMILES string of the molecule is O=C1CC(=O)N(C2CCCC2)C(=O)N1CCc1ccc(OCc2ccccc2)cc1. The fraction of sp³-hybridized carbons (Fsp3) is 0.375. The number of nitrogens with zero attached hydrogens (tertiary/aromatic N) is 2. The normalized spacial score (nSPS) is 17.7. The number of carbonyl (C=O) groups excluding carboxylic acids is 3. The van der Waals surface area contributed by atoms with Gasteiger partial charge in [0.1, 0.15) is 18.8 Å². The van der Waals surface area contributed by atoms with Crippen LogP contribution in [-0.2, 0) is 22.6 Å². The minimum atomic E-state index is -0.453. The molecule has 156 valence electrons. The quantitative estimate of drug-likeness (QED) is 0.654. The Hall–Kier alpha value is -3.15. The molecule has 2 aromatic carbocycles. The number of rotatable bonds is 7. The Morgan fingerprint density at radius 3 is 2.23 bits per heavy atom. The molecule has 0 aromatic heterocycles. The van der Waals surface area contributed by atoms with Crippen LogP contribution in [0.3, 0.4) is 0 Å². The number of amides is 4. The van der Waals surface area contributed by atoms with Crippen molar-refractivity contribution in [3.05, 3.63) is 65.7 Å². The summed E-state index contributed by atoms with van der Waals surface area (Å²) in [6.07, 6.45) is 4.05. The van der Waals surface area contributed by atoms with E-state index in [1.807, 2.05) is 54.6 Å². The lowest BCUT2D eigenvalue weighted by molar-refractivity contribution is -0.143. The summed E-state index contributed by atoms with van der Waals surface area (Å²) in [6, 6.07) is 17.1. The molecular weight excluding hydrogens is 380 g/mol. The number of carbonyl (C=O) groups is 3. The molecule has 6 heteroatoms. The number of ether oxygens (including phenoxy) is 1. The Morgan fingerprint density at radius 2 is 1.53 bits per heavy atom. The summed E-state index contributed by atoms with van der Waals surface area (Å²) in [5.41, 5.74) is 2.11. The van der Waals surface area contributed by atoms with Crippen LogP contribution in [0.15, 0.2) is 54.6 Å². The molecule has 0 unspecified atom stereocenters. The molecule has 4 amide bonds. The van der Waals surface area contributed by atoms with Gasteiger partial charge in [0, 0.05) is 12.6 Å². The zero-order valence-corrected chi connectivity index (χ0v) is 17.0. The van der Waals surface area contributed by atoms with Gasteiger partial charge in [-0.05, 0) is 42.5 Å². The van der Waals surface area contributed by atoms with E-state index in [0.29, 0.717) is 13.0 Å². The minimum absolute atomic E-state index is 0.0540. The molecule has 0 bridgehead atoms. The molecule has 2 aromatic rings. The highest BCUT2D eigenvalue weighted by molar-refractivity contribution is 6.14. The lowest BCUT2D eigenvalue weighted by atomic mass is 10.1. The lowest BCUT2D eigenvalue weighted by Gasteiger charge is -2.36. The molecule has 0 spiro atoms. The van der Waals surface area contributed by atoms with Crippen molar-refractivity contribution in [2.24, 2.45) is 0 Å². The zero-order valence-electron chi connectivity index (χ0n) is 17.0. The van der Waals surface area contributed by atoms with Crippen molar-refractivity contribution in [2.45, 2.75) is 51.2 Å². The van der Waals surface area contributed by atoms with E-state index < -0.39 is 11.9 Å². The number of imide groups is 2. The average molecular weight is 406 g/mol. The number of urea groups is 1. The van der Waals surface area contributed by atoms with E-state index >= 15 is 0 Å². The highest BCUT2D eigenvalue weighted by atomic mass is 16.5. The van der Waals surface area contributed by atoms with Crippen molar-refractivity contribution in [3.8, 4) is 5.75 Å². The van der Waals surface area contributed by atoms with Gasteiger partial charge in [-0.25, -0.2) is 4.79 Å². The fourth-order valence-corrected chi connectivity index (χ4v) is 4.13. The van der Waals surface area contributed by atoms with E-state index in [-0.39, 0.29) is 24.9 Å². The zero-order chi connectivity index (χ0) is 20.9. The van der Waals surface area contributed by atoms with Gasteiger partial charge in [0.05, 0.1) is 0 Å². The second kappa shape index (κ2) is 9.11. The number of barbiturate groups is 1. The lowest BCUT2D eigenvalue weighted by Crippen LogP contribution is -2.58. The second-order valence-electron chi connectivity index (χ2n) is 7.87. The fourth-order valence-electron chi connectivity index (χ4n) is 4.13. The highest BCUT2D eigenvalue weighted by Crippen LogP contribution is 2.27. The Labute approximate surface area is 176 Å². The van der Waals surface area contributed by atoms with Crippen molar-refractivity contribution in [2.75, 3.05) is 6.54 Å². The van der Waals surface area contributed by atoms with Gasteiger partial charge in [-0.2, -0.15) is 0 Å². The van der Waals surface area contributed by atoms with E-state index in [1.54, 1.807) is 0 Å². The van der Waals surface area contributed by atoms with Crippen LogP contribution in [0, 0.1) is 0 Å². The largest absolute Gasteiger partial charge is 0.489 e. The van der Waals surface area contributed by atoms with E-state index in [2.05, 4.69) is 0 Å². The molecular formula is C24H26N2O4. The maximum Gasteiger partial charge on any atom is 0.333 e. The van der Waals surface area contributed by atoms with E-state index in [9.17, 15) is 14.4 Å². The van der Waals surface area contributed by atoms with Crippen molar-refractivity contribution >= 4 is 17.8 Å². The van der Waals surface area contributed by atoms with Crippen LogP contribution in [-0.4, -0.2) is 40.2 Å². The first-order valence-electron chi connectivity index (χ1n) is 10.5. The molecule has 1 heterocycles. The first kappa shape index (κ1) is 20.1. The Balaban J connectivity index is 1.33. The van der Waals surface area contributed by atoms with Gasteiger partial charge in [-0.3, -0.25) is 19.4 Å². The molecule has 2 aliphatic rings. The molecule has 1 aliphatic carbocycles. The molecule has 1 saturated carbocycles. The van der Waals surface area contributed by atoms with Crippen LogP contribution in [0.5, 0.6) is 5.75 Å². The van der Waals surface area contributed by atoms with E-state index in [1.165, 1.54) is 9.80 Å². The summed E-state index contributed by atoms with van der Waals surface area (Å²) < 4.78 is 5.80. The topological polar surface area (TPSA) is 66.9 Å². The van der Waals surface area contributed by atoms with Crippen LogP contribution >= 0.6 is 0 Å². The summed E-state index contributed by atoms with van der Waals surface area (Å²) in [4.78, 5) is 40.0. The van der Waals surface area contributed by atoms with Gasteiger partial charge in [-0.15, -0.1) is 0 Å². The highest BCUT2D eigenvalue weighted by Gasteiger charge is 2.41. The smallest absolute Gasteiger partial charge is 0.333 e. The molecule has 0 atom stereocenters. The molecule has 1 aliphatic heterocycles. The van der Waals surface area contributed by atoms with Gasteiger partial charge in [0.15, 0.2) is 0 Å². The molecule has 0 N–H and O–H groups in total. The van der Waals surface area contributed by atoms with Gasteiger partial charge in [0.25, 0.3) is 0 Å². The molecule has 1 saturated heterocycles. The third-order valence-corrected chi connectivity index (χ3v) is 5.79. The Bertz CT molecular complexity index is 905.